The molecule has 0 bridgehead atoms. The number of nitrogens with zero attached hydrogens (tertiary/aromatic N) is 3. The second-order valence-electron chi connectivity index (χ2n) is 7.21. The lowest BCUT2D eigenvalue weighted by atomic mass is 10.2. The minimum Gasteiger partial charge on any atom is -0.484 e. The van der Waals surface area contributed by atoms with Gasteiger partial charge in [-0.05, 0) is 36.9 Å². The normalized spacial score (nSPS) is 18.7. The highest BCUT2D eigenvalue weighted by Gasteiger charge is 2.32. The molecule has 2 aromatic heterocycles. The second-order valence-corrected chi connectivity index (χ2v) is 9.05. The summed E-state index contributed by atoms with van der Waals surface area (Å²) in [5.74, 6) is 0.612. The molecule has 2 atom stereocenters. The van der Waals surface area contributed by atoms with Crippen LogP contribution >= 0.6 is 22.7 Å². The summed E-state index contributed by atoms with van der Waals surface area (Å²) in [5.41, 5.74) is 0.953. The highest BCUT2D eigenvalue weighted by Crippen LogP contribution is 2.34. The quantitative estimate of drug-likeness (QED) is 0.627. The average Bonchev–Trinajstić information content (AvgIpc) is 3.41. The maximum atomic E-state index is 13.1. The Morgan fingerprint density at radius 3 is 2.77 bits per heavy atom. The Bertz CT molecular complexity index is 944. The fourth-order valence-corrected chi connectivity index (χ4v) is 5.33. The van der Waals surface area contributed by atoms with E-state index < -0.39 is 6.23 Å². The van der Waals surface area contributed by atoms with Gasteiger partial charge in [-0.2, -0.15) is 0 Å². The van der Waals surface area contributed by atoms with E-state index >= 15 is 0 Å². The highest BCUT2D eigenvalue weighted by atomic mass is 32.1. The Labute approximate surface area is 184 Å². The van der Waals surface area contributed by atoms with E-state index in [0.29, 0.717) is 25.4 Å². The molecule has 0 radical (unpaired) electrons. The van der Waals surface area contributed by atoms with Crippen LogP contribution in [0, 0.1) is 0 Å². The Hall–Kier alpha value is -2.26. The van der Waals surface area contributed by atoms with Gasteiger partial charge in [-0.1, -0.05) is 24.3 Å². The number of thiazole rings is 1. The summed E-state index contributed by atoms with van der Waals surface area (Å²) in [6.07, 6.45) is 0.179. The monoisotopic (exact) mass is 443 g/mol. The van der Waals surface area contributed by atoms with Gasteiger partial charge in [-0.25, -0.2) is 4.98 Å². The van der Waals surface area contributed by atoms with Gasteiger partial charge in [0.25, 0.3) is 5.91 Å². The smallest absolute Gasteiger partial charge is 0.261 e. The van der Waals surface area contributed by atoms with Gasteiger partial charge in [-0.15, -0.1) is 22.7 Å². The second kappa shape index (κ2) is 9.70. The van der Waals surface area contributed by atoms with E-state index in [1.807, 2.05) is 51.6 Å². The Kier molecular flexibility index (Phi) is 6.79. The Morgan fingerprint density at radius 2 is 2.03 bits per heavy atom. The molecule has 158 valence electrons. The number of carbonyl (C=O) groups excluding carboxylic acids is 1. The minimum absolute atomic E-state index is 0.0155. The van der Waals surface area contributed by atoms with Crippen LogP contribution in [0.4, 0.5) is 0 Å². The van der Waals surface area contributed by atoms with E-state index in [1.165, 1.54) is 0 Å². The number of aliphatic hydroxyl groups excluding tert-OH is 1. The summed E-state index contributed by atoms with van der Waals surface area (Å²) in [4.78, 5) is 23.0. The molecule has 1 amide bonds. The zero-order valence-corrected chi connectivity index (χ0v) is 18.4. The Morgan fingerprint density at radius 1 is 1.20 bits per heavy atom. The van der Waals surface area contributed by atoms with Crippen LogP contribution < -0.4 is 4.74 Å². The molecule has 1 aliphatic heterocycles. The van der Waals surface area contributed by atoms with E-state index in [1.54, 1.807) is 29.6 Å². The van der Waals surface area contributed by atoms with Crippen molar-refractivity contribution in [1.29, 1.82) is 0 Å². The van der Waals surface area contributed by atoms with Crippen molar-refractivity contribution in [2.24, 2.45) is 0 Å². The standard InChI is InChI=1S/C22H25N3O3S2/c1-16(26)24-10-9-19(22-23-18(15-30-22)20-8-5-13-29-20)25(12-11-24)21(27)14-28-17-6-3-2-4-7-17/h2-8,13,15-16,19,26H,9-12,14H2,1H3. The summed E-state index contributed by atoms with van der Waals surface area (Å²) in [5, 5.41) is 15.1. The number of amides is 1. The van der Waals surface area contributed by atoms with Crippen LogP contribution in [-0.2, 0) is 4.79 Å². The molecule has 0 spiro atoms. The summed E-state index contributed by atoms with van der Waals surface area (Å²) in [6, 6.07) is 13.3. The van der Waals surface area contributed by atoms with E-state index in [2.05, 4.69) is 11.4 Å². The molecule has 8 heteroatoms. The lowest BCUT2D eigenvalue weighted by Crippen LogP contribution is -2.41. The third-order valence-electron chi connectivity index (χ3n) is 5.23. The van der Waals surface area contributed by atoms with Gasteiger partial charge in [0.15, 0.2) is 6.61 Å². The molecule has 6 nitrogen and oxygen atoms in total. The van der Waals surface area contributed by atoms with Crippen molar-refractivity contribution >= 4 is 28.6 Å². The number of para-hydroxylation sites is 1. The molecular formula is C22H25N3O3S2. The van der Waals surface area contributed by atoms with Crippen LogP contribution in [0.5, 0.6) is 5.75 Å². The van der Waals surface area contributed by atoms with Crippen molar-refractivity contribution in [1.82, 2.24) is 14.8 Å². The first-order chi connectivity index (χ1) is 14.6. The number of benzene rings is 1. The van der Waals surface area contributed by atoms with Crippen molar-refractivity contribution in [3.63, 3.8) is 0 Å². The number of carbonyl (C=O) groups is 1. The summed E-state index contributed by atoms with van der Waals surface area (Å²) >= 11 is 3.25. The topological polar surface area (TPSA) is 65.9 Å². The summed E-state index contributed by atoms with van der Waals surface area (Å²) in [6.45, 7) is 3.61. The number of aromatic nitrogens is 1. The number of hydrogen-bond donors (Lipinski definition) is 1. The predicted octanol–water partition coefficient (Wildman–Crippen LogP) is 3.86. The van der Waals surface area contributed by atoms with Crippen LogP contribution in [0.25, 0.3) is 10.6 Å². The van der Waals surface area contributed by atoms with E-state index in [4.69, 9.17) is 9.72 Å². The average molecular weight is 444 g/mol. The third kappa shape index (κ3) is 4.89. The number of thiophene rings is 1. The van der Waals surface area contributed by atoms with E-state index in [9.17, 15) is 9.90 Å². The molecular weight excluding hydrogens is 418 g/mol. The fourth-order valence-electron chi connectivity index (χ4n) is 3.60. The lowest BCUT2D eigenvalue weighted by Gasteiger charge is -2.28. The van der Waals surface area contributed by atoms with Crippen LogP contribution in [-0.4, -0.2) is 58.3 Å². The molecule has 4 rings (SSSR count). The van der Waals surface area contributed by atoms with Gasteiger partial charge in [-0.3, -0.25) is 9.69 Å². The van der Waals surface area contributed by atoms with Crippen molar-refractivity contribution in [3.8, 4) is 16.3 Å². The molecule has 2 unspecified atom stereocenters. The number of hydrogen-bond acceptors (Lipinski definition) is 7. The zero-order valence-electron chi connectivity index (χ0n) is 16.8. The van der Waals surface area contributed by atoms with Crippen molar-refractivity contribution < 1.29 is 14.6 Å². The predicted molar refractivity (Wildman–Crippen MR) is 120 cm³/mol. The maximum absolute atomic E-state index is 13.1. The number of ether oxygens (including phenoxy) is 1. The van der Waals surface area contributed by atoms with E-state index in [0.717, 1.165) is 22.0 Å². The van der Waals surface area contributed by atoms with Crippen molar-refractivity contribution in [2.75, 3.05) is 26.2 Å². The molecule has 1 saturated heterocycles. The minimum atomic E-state index is -0.542. The third-order valence-corrected chi connectivity index (χ3v) is 7.07. The molecule has 1 aromatic carbocycles. The molecule has 3 heterocycles. The molecule has 1 fully saturated rings. The van der Waals surface area contributed by atoms with Gasteiger partial charge >= 0.3 is 0 Å². The summed E-state index contributed by atoms with van der Waals surface area (Å²) < 4.78 is 5.71. The van der Waals surface area contributed by atoms with Crippen LogP contribution in [0.1, 0.15) is 24.4 Å². The van der Waals surface area contributed by atoms with E-state index in [-0.39, 0.29) is 18.6 Å². The van der Waals surface area contributed by atoms with Crippen LogP contribution in [0.2, 0.25) is 0 Å². The highest BCUT2D eigenvalue weighted by molar-refractivity contribution is 7.14. The largest absolute Gasteiger partial charge is 0.484 e. The fraction of sp³-hybridized carbons (Fsp3) is 0.364. The molecule has 0 saturated carbocycles. The molecule has 1 aliphatic rings. The van der Waals surface area contributed by atoms with Gasteiger partial charge in [0.2, 0.25) is 0 Å². The first-order valence-corrected chi connectivity index (χ1v) is 11.8. The first-order valence-electron chi connectivity index (χ1n) is 10.0. The van der Waals surface area contributed by atoms with Crippen LogP contribution in [0.15, 0.2) is 53.2 Å². The molecule has 30 heavy (non-hydrogen) atoms. The molecule has 0 aliphatic carbocycles. The molecule has 1 N–H and O–H groups in total. The zero-order chi connectivity index (χ0) is 20.9. The van der Waals surface area contributed by atoms with Gasteiger partial charge in [0.05, 0.1) is 16.6 Å². The Balaban J connectivity index is 1.53. The SMILES string of the molecule is CC(O)N1CCC(c2nc(-c3cccs3)cs2)N(C(=O)COc2ccccc2)CC1. The molecule has 3 aromatic rings. The van der Waals surface area contributed by atoms with Crippen molar-refractivity contribution in [3.05, 3.63) is 58.2 Å². The van der Waals surface area contributed by atoms with Gasteiger partial charge in [0.1, 0.15) is 17.0 Å². The first kappa shape index (κ1) is 21.0. The summed E-state index contributed by atoms with van der Waals surface area (Å²) in [7, 11) is 0. The maximum Gasteiger partial charge on any atom is 0.261 e. The number of aliphatic hydroxyl groups is 1. The van der Waals surface area contributed by atoms with Gasteiger partial charge < -0.3 is 14.7 Å². The van der Waals surface area contributed by atoms with Gasteiger partial charge in [0, 0.05) is 25.0 Å². The lowest BCUT2D eigenvalue weighted by molar-refractivity contribution is -0.135. The van der Waals surface area contributed by atoms with Crippen molar-refractivity contribution in [2.45, 2.75) is 25.6 Å². The number of rotatable bonds is 6. The van der Waals surface area contributed by atoms with Crippen LogP contribution in [0.3, 0.4) is 0 Å².